The van der Waals surface area contributed by atoms with Crippen LogP contribution in [0.1, 0.15) is 28.8 Å². The average molecular weight is 397 g/mol. The van der Waals surface area contributed by atoms with Gasteiger partial charge in [-0.2, -0.15) is 5.10 Å². The fraction of sp³-hybridized carbons (Fsp3) is 0.273. The Hall–Kier alpha value is -2.63. The first-order valence-electron chi connectivity index (χ1n) is 9.44. The second-order valence-electron chi connectivity index (χ2n) is 7.05. The van der Waals surface area contributed by atoms with Crippen molar-refractivity contribution in [3.8, 4) is 16.9 Å². The van der Waals surface area contributed by atoms with Gasteiger partial charge in [0.25, 0.3) is 5.91 Å². The summed E-state index contributed by atoms with van der Waals surface area (Å²) in [7, 11) is 0. The fourth-order valence-corrected chi connectivity index (χ4v) is 3.42. The minimum absolute atomic E-state index is 0. The summed E-state index contributed by atoms with van der Waals surface area (Å²) in [5.74, 6) is -0.0686. The number of nitrogens with one attached hydrogen (secondary N) is 2. The Morgan fingerprint density at radius 1 is 1.14 bits per heavy atom. The van der Waals surface area contributed by atoms with Gasteiger partial charge in [-0.05, 0) is 38.4 Å². The van der Waals surface area contributed by atoms with Crippen LogP contribution in [0, 0.1) is 6.92 Å². The van der Waals surface area contributed by atoms with Crippen molar-refractivity contribution >= 4 is 18.3 Å². The zero-order chi connectivity index (χ0) is 18.6. The number of aromatic nitrogens is 2. The molecule has 4 rings (SSSR count). The maximum Gasteiger partial charge on any atom is 0.255 e. The van der Waals surface area contributed by atoms with Gasteiger partial charge in [0.15, 0.2) is 0 Å². The van der Waals surface area contributed by atoms with Crippen LogP contribution in [0.15, 0.2) is 60.8 Å². The van der Waals surface area contributed by atoms with Gasteiger partial charge in [-0.25, -0.2) is 4.68 Å². The lowest BCUT2D eigenvalue weighted by atomic mass is 10.1. The normalized spacial score (nSPS) is 16.2. The van der Waals surface area contributed by atoms with Gasteiger partial charge in [-0.15, -0.1) is 12.4 Å². The van der Waals surface area contributed by atoms with Gasteiger partial charge in [0.05, 0.1) is 11.3 Å². The Kier molecular flexibility index (Phi) is 6.49. The number of rotatable bonds is 4. The fourth-order valence-electron chi connectivity index (χ4n) is 3.42. The van der Waals surface area contributed by atoms with Crippen LogP contribution < -0.4 is 10.6 Å². The van der Waals surface area contributed by atoms with E-state index in [0.29, 0.717) is 11.3 Å². The molecule has 1 atom stereocenters. The van der Waals surface area contributed by atoms with E-state index in [4.69, 9.17) is 5.10 Å². The topological polar surface area (TPSA) is 59.0 Å². The Bertz CT molecular complexity index is 915. The molecule has 2 N–H and O–H groups in total. The van der Waals surface area contributed by atoms with Gasteiger partial charge in [-0.1, -0.05) is 48.0 Å². The molecule has 1 amide bonds. The van der Waals surface area contributed by atoms with Gasteiger partial charge < -0.3 is 10.6 Å². The lowest BCUT2D eigenvalue weighted by Gasteiger charge is -2.23. The standard InChI is InChI=1S/C22H24N4O.ClH/c1-16-9-11-19(12-10-16)26-15-20(21(25-26)17-6-3-2-4-7-17)22(27)24-18-8-5-13-23-14-18;/h2-4,6-7,9-12,15,18,23H,5,8,13-14H2,1H3,(H,24,27);1H. The van der Waals surface area contributed by atoms with Crippen molar-refractivity contribution in [2.75, 3.05) is 13.1 Å². The number of nitrogens with zero attached hydrogens (tertiary/aromatic N) is 2. The van der Waals surface area contributed by atoms with Crippen molar-refractivity contribution in [1.29, 1.82) is 0 Å². The van der Waals surface area contributed by atoms with E-state index in [-0.39, 0.29) is 24.4 Å². The van der Waals surface area contributed by atoms with Crippen molar-refractivity contribution in [3.63, 3.8) is 0 Å². The third kappa shape index (κ3) is 4.43. The zero-order valence-electron chi connectivity index (χ0n) is 15.9. The molecule has 5 nitrogen and oxygen atoms in total. The lowest BCUT2D eigenvalue weighted by molar-refractivity contribution is 0.0931. The molecule has 1 aliphatic rings. The van der Waals surface area contributed by atoms with E-state index in [1.165, 1.54) is 5.56 Å². The van der Waals surface area contributed by atoms with Crippen LogP contribution in [-0.4, -0.2) is 34.8 Å². The number of amides is 1. The van der Waals surface area contributed by atoms with E-state index < -0.39 is 0 Å². The van der Waals surface area contributed by atoms with E-state index in [0.717, 1.165) is 37.2 Å². The summed E-state index contributed by atoms with van der Waals surface area (Å²) in [4.78, 5) is 13.0. The summed E-state index contributed by atoms with van der Waals surface area (Å²) in [5, 5.41) is 11.2. The number of halogens is 1. The molecule has 1 aromatic heterocycles. The molecule has 1 unspecified atom stereocenters. The third-order valence-corrected chi connectivity index (χ3v) is 4.94. The SMILES string of the molecule is Cc1ccc(-n2cc(C(=O)NC3CCCNC3)c(-c3ccccc3)n2)cc1.Cl. The maximum atomic E-state index is 13.0. The van der Waals surface area contributed by atoms with Gasteiger partial charge in [-0.3, -0.25) is 4.79 Å². The first-order valence-corrected chi connectivity index (χ1v) is 9.44. The Morgan fingerprint density at radius 2 is 1.89 bits per heavy atom. The van der Waals surface area contributed by atoms with E-state index in [9.17, 15) is 4.79 Å². The summed E-state index contributed by atoms with van der Waals surface area (Å²) < 4.78 is 1.79. The van der Waals surface area contributed by atoms with Crippen LogP contribution in [0.2, 0.25) is 0 Å². The molecule has 1 saturated heterocycles. The smallest absolute Gasteiger partial charge is 0.255 e. The predicted molar refractivity (Wildman–Crippen MR) is 114 cm³/mol. The van der Waals surface area contributed by atoms with Crippen LogP contribution >= 0.6 is 12.4 Å². The van der Waals surface area contributed by atoms with E-state index in [1.807, 2.05) is 60.8 Å². The highest BCUT2D eigenvalue weighted by molar-refractivity contribution is 6.00. The summed E-state index contributed by atoms with van der Waals surface area (Å²) in [5.41, 5.74) is 4.38. The Morgan fingerprint density at radius 3 is 2.57 bits per heavy atom. The Balaban J connectivity index is 0.00000225. The molecule has 146 valence electrons. The summed E-state index contributed by atoms with van der Waals surface area (Å²) >= 11 is 0. The second kappa shape index (κ2) is 9.04. The summed E-state index contributed by atoms with van der Waals surface area (Å²) in [6, 6.07) is 18.2. The lowest BCUT2D eigenvalue weighted by Crippen LogP contribution is -2.45. The molecule has 1 aliphatic heterocycles. The van der Waals surface area contributed by atoms with Crippen molar-refractivity contribution in [3.05, 3.63) is 71.9 Å². The van der Waals surface area contributed by atoms with E-state index in [2.05, 4.69) is 17.6 Å². The average Bonchev–Trinajstić information content (AvgIpc) is 3.16. The third-order valence-electron chi connectivity index (χ3n) is 4.94. The monoisotopic (exact) mass is 396 g/mol. The van der Waals surface area contributed by atoms with Crippen LogP contribution in [0.25, 0.3) is 16.9 Å². The number of carbonyl (C=O) groups is 1. The van der Waals surface area contributed by atoms with Gasteiger partial charge in [0, 0.05) is 24.3 Å². The second-order valence-corrected chi connectivity index (χ2v) is 7.05. The predicted octanol–water partition coefficient (Wildman–Crippen LogP) is 3.75. The Labute approximate surface area is 171 Å². The molecule has 0 aliphatic carbocycles. The molecule has 1 fully saturated rings. The first-order chi connectivity index (χ1) is 13.2. The molecule has 0 spiro atoms. The van der Waals surface area contributed by atoms with Crippen LogP contribution in [0.5, 0.6) is 0 Å². The number of aryl methyl sites for hydroxylation is 1. The number of hydrogen-bond acceptors (Lipinski definition) is 3. The van der Waals surface area contributed by atoms with Gasteiger partial charge in [0.2, 0.25) is 0 Å². The molecule has 0 bridgehead atoms. The van der Waals surface area contributed by atoms with Crippen molar-refractivity contribution in [2.45, 2.75) is 25.8 Å². The minimum atomic E-state index is -0.0686. The van der Waals surface area contributed by atoms with Crippen molar-refractivity contribution < 1.29 is 4.79 Å². The number of piperidine rings is 1. The molecule has 2 aromatic carbocycles. The highest BCUT2D eigenvalue weighted by Gasteiger charge is 2.22. The molecule has 3 aromatic rings. The largest absolute Gasteiger partial charge is 0.348 e. The van der Waals surface area contributed by atoms with Crippen molar-refractivity contribution in [1.82, 2.24) is 20.4 Å². The van der Waals surface area contributed by atoms with Crippen LogP contribution in [0.3, 0.4) is 0 Å². The molecule has 0 saturated carbocycles. The number of carbonyl (C=O) groups excluding carboxylic acids is 1. The van der Waals surface area contributed by atoms with Gasteiger partial charge in [0.1, 0.15) is 5.69 Å². The number of benzene rings is 2. The quantitative estimate of drug-likeness (QED) is 0.706. The minimum Gasteiger partial charge on any atom is -0.348 e. The highest BCUT2D eigenvalue weighted by Crippen LogP contribution is 2.24. The van der Waals surface area contributed by atoms with E-state index >= 15 is 0 Å². The van der Waals surface area contributed by atoms with Crippen molar-refractivity contribution in [2.24, 2.45) is 0 Å². The van der Waals surface area contributed by atoms with Crippen LogP contribution in [-0.2, 0) is 0 Å². The van der Waals surface area contributed by atoms with Gasteiger partial charge >= 0.3 is 0 Å². The molecule has 2 heterocycles. The molecule has 6 heteroatoms. The molecule has 0 radical (unpaired) electrons. The first kappa shape index (κ1) is 20.1. The molecular weight excluding hydrogens is 372 g/mol. The summed E-state index contributed by atoms with van der Waals surface area (Å²) in [6.07, 6.45) is 3.92. The molecule has 28 heavy (non-hydrogen) atoms. The van der Waals surface area contributed by atoms with Crippen LogP contribution in [0.4, 0.5) is 0 Å². The molecular formula is C22H25ClN4O. The zero-order valence-corrected chi connectivity index (χ0v) is 16.7. The summed E-state index contributed by atoms with van der Waals surface area (Å²) in [6.45, 7) is 3.89. The maximum absolute atomic E-state index is 13.0. The number of hydrogen-bond donors (Lipinski definition) is 2. The van der Waals surface area contributed by atoms with E-state index in [1.54, 1.807) is 4.68 Å². The highest BCUT2D eigenvalue weighted by atomic mass is 35.5.